The number of nitrogens with zero attached hydrogens (tertiary/aromatic N) is 2. The molecule has 1 aliphatic heterocycles. The second-order valence-electron chi connectivity index (χ2n) is 6.42. The highest BCUT2D eigenvalue weighted by Gasteiger charge is 2.19. The van der Waals surface area contributed by atoms with Gasteiger partial charge in [-0.15, -0.1) is 0 Å². The highest BCUT2D eigenvalue weighted by Crippen LogP contribution is 2.10. The van der Waals surface area contributed by atoms with E-state index in [1.807, 2.05) is 19.1 Å². The predicted molar refractivity (Wildman–Crippen MR) is 98.0 cm³/mol. The molecule has 6 nitrogen and oxygen atoms in total. The number of carbonyl (C=O) groups excluding carboxylic acids is 2. The summed E-state index contributed by atoms with van der Waals surface area (Å²) in [7, 11) is 0. The van der Waals surface area contributed by atoms with Crippen LogP contribution in [0, 0.1) is 0 Å². The Balaban J connectivity index is 1.57. The molecule has 136 valence electrons. The maximum absolute atomic E-state index is 12.4. The van der Waals surface area contributed by atoms with Crippen molar-refractivity contribution < 1.29 is 14.3 Å². The lowest BCUT2D eigenvalue weighted by atomic mass is 10.1. The van der Waals surface area contributed by atoms with Crippen molar-refractivity contribution in [2.45, 2.75) is 19.4 Å². The second kappa shape index (κ2) is 8.58. The molecule has 1 N–H and O–H groups in total. The van der Waals surface area contributed by atoms with Crippen LogP contribution in [-0.4, -0.2) is 54.0 Å². The number of nitrogens with one attached hydrogen (secondary N) is 1. The minimum Gasteiger partial charge on any atom is -0.378 e. The van der Waals surface area contributed by atoms with Gasteiger partial charge in [-0.2, -0.15) is 0 Å². The molecular weight excluding hydrogens is 330 g/mol. The fourth-order valence-corrected chi connectivity index (χ4v) is 2.94. The first-order chi connectivity index (χ1) is 12.6. The van der Waals surface area contributed by atoms with Gasteiger partial charge in [0.05, 0.1) is 13.2 Å². The fraction of sp³-hybridized carbons (Fsp3) is 0.350. The zero-order chi connectivity index (χ0) is 18.4. The molecule has 3 rings (SSSR count). The van der Waals surface area contributed by atoms with Crippen LogP contribution in [0.15, 0.2) is 48.8 Å². The average Bonchev–Trinajstić information content (AvgIpc) is 2.69. The number of ether oxygens (including phenoxy) is 1. The Morgan fingerprint density at radius 3 is 2.50 bits per heavy atom. The van der Waals surface area contributed by atoms with Crippen LogP contribution >= 0.6 is 0 Å². The van der Waals surface area contributed by atoms with Crippen molar-refractivity contribution in [1.82, 2.24) is 15.2 Å². The van der Waals surface area contributed by atoms with E-state index in [9.17, 15) is 9.59 Å². The van der Waals surface area contributed by atoms with Crippen LogP contribution in [0.1, 0.15) is 33.2 Å². The molecule has 1 saturated heterocycles. The van der Waals surface area contributed by atoms with Gasteiger partial charge in [-0.1, -0.05) is 6.07 Å². The molecule has 0 saturated carbocycles. The van der Waals surface area contributed by atoms with Crippen molar-refractivity contribution in [3.63, 3.8) is 0 Å². The third kappa shape index (κ3) is 4.67. The third-order valence-corrected chi connectivity index (χ3v) is 4.33. The maximum atomic E-state index is 12.4. The molecule has 1 aromatic carbocycles. The minimum absolute atomic E-state index is 0.0126. The standard InChI is InChI=1S/C20H23N3O3/c1-15(13-16-3-2-8-21-14-16)22-19(24)17-4-6-18(7-5-17)20(25)23-9-11-26-12-10-23/h2-8,14-15H,9-13H2,1H3,(H,22,24)/t15-/m1/s1. The lowest BCUT2D eigenvalue weighted by molar-refractivity contribution is 0.0303. The van der Waals surface area contributed by atoms with Crippen molar-refractivity contribution in [3.8, 4) is 0 Å². The summed E-state index contributed by atoms with van der Waals surface area (Å²) in [4.78, 5) is 30.7. The molecule has 1 fully saturated rings. The Bertz CT molecular complexity index is 741. The van der Waals surface area contributed by atoms with E-state index in [1.54, 1.807) is 41.6 Å². The largest absolute Gasteiger partial charge is 0.378 e. The van der Waals surface area contributed by atoms with Crippen LogP contribution in [0.25, 0.3) is 0 Å². The molecule has 1 aromatic heterocycles. The zero-order valence-corrected chi connectivity index (χ0v) is 14.9. The molecule has 0 radical (unpaired) electrons. The highest BCUT2D eigenvalue weighted by molar-refractivity contribution is 5.98. The summed E-state index contributed by atoms with van der Waals surface area (Å²) in [6, 6.07) is 10.7. The molecule has 0 unspecified atom stereocenters. The first-order valence-electron chi connectivity index (χ1n) is 8.80. The number of aromatic nitrogens is 1. The van der Waals surface area contributed by atoms with E-state index in [1.165, 1.54) is 0 Å². The quantitative estimate of drug-likeness (QED) is 0.891. The number of morpholine rings is 1. The Labute approximate surface area is 153 Å². The molecular formula is C20H23N3O3. The van der Waals surface area contributed by atoms with Crippen LogP contribution in [0.2, 0.25) is 0 Å². The third-order valence-electron chi connectivity index (χ3n) is 4.33. The molecule has 6 heteroatoms. The summed E-state index contributed by atoms with van der Waals surface area (Å²) in [6.45, 7) is 4.31. The maximum Gasteiger partial charge on any atom is 0.254 e. The lowest BCUT2D eigenvalue weighted by Gasteiger charge is -2.26. The molecule has 0 bridgehead atoms. The summed E-state index contributed by atoms with van der Waals surface area (Å²) < 4.78 is 5.27. The summed E-state index contributed by atoms with van der Waals surface area (Å²) in [5, 5.41) is 2.98. The number of rotatable bonds is 5. The van der Waals surface area contributed by atoms with Crippen molar-refractivity contribution in [1.29, 1.82) is 0 Å². The van der Waals surface area contributed by atoms with Gasteiger partial charge in [0.15, 0.2) is 0 Å². The molecule has 2 aromatic rings. The summed E-state index contributed by atoms with van der Waals surface area (Å²) in [5.74, 6) is -0.169. The van der Waals surface area contributed by atoms with E-state index in [2.05, 4.69) is 10.3 Å². The molecule has 1 atom stereocenters. The van der Waals surface area contributed by atoms with Gasteiger partial charge in [-0.05, 0) is 49.2 Å². The number of hydrogen-bond donors (Lipinski definition) is 1. The van der Waals surface area contributed by atoms with Gasteiger partial charge in [-0.3, -0.25) is 14.6 Å². The van der Waals surface area contributed by atoms with Crippen LogP contribution in [0.5, 0.6) is 0 Å². The van der Waals surface area contributed by atoms with Crippen molar-refractivity contribution in [2.75, 3.05) is 26.3 Å². The highest BCUT2D eigenvalue weighted by atomic mass is 16.5. The van der Waals surface area contributed by atoms with Gasteiger partial charge in [0.25, 0.3) is 11.8 Å². The van der Waals surface area contributed by atoms with Gasteiger partial charge >= 0.3 is 0 Å². The Kier molecular flexibility index (Phi) is 5.96. The lowest BCUT2D eigenvalue weighted by Crippen LogP contribution is -2.40. The van der Waals surface area contributed by atoms with Gasteiger partial charge < -0.3 is 15.0 Å². The Hall–Kier alpha value is -2.73. The molecule has 1 aliphatic rings. The molecule has 0 spiro atoms. The number of pyridine rings is 1. The van der Waals surface area contributed by atoms with Crippen molar-refractivity contribution in [2.24, 2.45) is 0 Å². The Morgan fingerprint density at radius 2 is 1.85 bits per heavy atom. The van der Waals surface area contributed by atoms with Gasteiger partial charge in [0.2, 0.25) is 0 Å². The Morgan fingerprint density at radius 1 is 1.15 bits per heavy atom. The molecule has 0 aliphatic carbocycles. The number of benzene rings is 1. The normalized spacial score (nSPS) is 15.3. The van der Waals surface area contributed by atoms with E-state index in [-0.39, 0.29) is 17.9 Å². The number of amides is 2. The van der Waals surface area contributed by atoms with E-state index < -0.39 is 0 Å². The van der Waals surface area contributed by atoms with Crippen molar-refractivity contribution in [3.05, 3.63) is 65.5 Å². The first-order valence-corrected chi connectivity index (χ1v) is 8.80. The van der Waals surface area contributed by atoms with E-state index >= 15 is 0 Å². The van der Waals surface area contributed by atoms with Crippen LogP contribution < -0.4 is 5.32 Å². The van der Waals surface area contributed by atoms with Crippen LogP contribution in [0.3, 0.4) is 0 Å². The summed E-state index contributed by atoms with van der Waals surface area (Å²) in [6.07, 6.45) is 4.24. The second-order valence-corrected chi connectivity index (χ2v) is 6.42. The summed E-state index contributed by atoms with van der Waals surface area (Å²) in [5.41, 5.74) is 2.21. The van der Waals surface area contributed by atoms with Gasteiger partial charge in [0, 0.05) is 42.7 Å². The molecule has 2 heterocycles. The predicted octanol–water partition coefficient (Wildman–Crippen LogP) is 1.91. The van der Waals surface area contributed by atoms with Gasteiger partial charge in [0.1, 0.15) is 0 Å². The van der Waals surface area contributed by atoms with Crippen LogP contribution in [-0.2, 0) is 11.2 Å². The molecule has 26 heavy (non-hydrogen) atoms. The first kappa shape index (κ1) is 18.1. The molecule has 2 amide bonds. The monoisotopic (exact) mass is 353 g/mol. The summed E-state index contributed by atoms with van der Waals surface area (Å²) >= 11 is 0. The van der Waals surface area contributed by atoms with E-state index in [0.717, 1.165) is 5.56 Å². The number of carbonyl (C=O) groups is 2. The SMILES string of the molecule is C[C@H](Cc1cccnc1)NC(=O)c1ccc(C(=O)N2CCOCC2)cc1. The van der Waals surface area contributed by atoms with E-state index in [4.69, 9.17) is 4.74 Å². The fourth-order valence-electron chi connectivity index (χ4n) is 2.94. The van der Waals surface area contributed by atoms with Crippen LogP contribution in [0.4, 0.5) is 0 Å². The number of hydrogen-bond acceptors (Lipinski definition) is 4. The van der Waals surface area contributed by atoms with E-state index in [0.29, 0.717) is 43.9 Å². The smallest absolute Gasteiger partial charge is 0.254 e. The topological polar surface area (TPSA) is 71.5 Å². The van der Waals surface area contributed by atoms with Gasteiger partial charge in [-0.25, -0.2) is 0 Å². The van der Waals surface area contributed by atoms with Crippen molar-refractivity contribution >= 4 is 11.8 Å². The average molecular weight is 353 g/mol. The minimum atomic E-state index is -0.147. The zero-order valence-electron chi connectivity index (χ0n) is 14.9.